The van der Waals surface area contributed by atoms with Crippen molar-refractivity contribution in [3.8, 4) is 0 Å². The molecular formula is C12H15NO3S2. The first-order valence-electron chi connectivity index (χ1n) is 5.83. The number of thiophene rings is 1. The second-order valence-corrected chi connectivity index (χ2v) is 6.46. The number of amides is 1. The van der Waals surface area contributed by atoms with Gasteiger partial charge < -0.3 is 10.0 Å². The van der Waals surface area contributed by atoms with Crippen LogP contribution < -0.4 is 0 Å². The molecule has 1 saturated heterocycles. The molecule has 1 atom stereocenters. The van der Waals surface area contributed by atoms with Crippen LogP contribution in [0.5, 0.6) is 0 Å². The Hall–Kier alpha value is -1.01. The van der Waals surface area contributed by atoms with Gasteiger partial charge in [-0.25, -0.2) is 0 Å². The lowest BCUT2D eigenvalue weighted by Crippen LogP contribution is -2.43. The van der Waals surface area contributed by atoms with Crippen LogP contribution in [0.1, 0.15) is 12.8 Å². The first-order valence-corrected chi connectivity index (χ1v) is 7.70. The number of aliphatic carboxylic acids is 1. The Kier molecular flexibility index (Phi) is 4.66. The fraction of sp³-hybridized carbons (Fsp3) is 0.500. The van der Waals surface area contributed by atoms with Gasteiger partial charge in [-0.2, -0.15) is 0 Å². The summed E-state index contributed by atoms with van der Waals surface area (Å²) in [7, 11) is 0. The number of piperidine rings is 1. The van der Waals surface area contributed by atoms with E-state index in [-0.39, 0.29) is 5.91 Å². The summed E-state index contributed by atoms with van der Waals surface area (Å²) in [6.07, 6.45) is 1.46. The molecule has 1 aromatic rings. The molecule has 1 aromatic heterocycles. The molecule has 98 valence electrons. The van der Waals surface area contributed by atoms with Crippen molar-refractivity contribution in [3.63, 3.8) is 0 Å². The van der Waals surface area contributed by atoms with E-state index in [1.807, 2.05) is 17.5 Å². The number of thioether (sulfide) groups is 1. The predicted molar refractivity (Wildman–Crippen MR) is 72.0 cm³/mol. The van der Waals surface area contributed by atoms with E-state index in [1.165, 1.54) is 11.8 Å². The number of hydrogen-bond acceptors (Lipinski definition) is 4. The average Bonchev–Trinajstić information content (AvgIpc) is 2.89. The molecule has 0 aliphatic carbocycles. The minimum Gasteiger partial charge on any atom is -0.481 e. The summed E-state index contributed by atoms with van der Waals surface area (Å²) in [5, 5.41) is 11.0. The normalized spacial score (nSPS) is 19.8. The van der Waals surface area contributed by atoms with Gasteiger partial charge in [0.25, 0.3) is 0 Å². The Balaban J connectivity index is 1.83. The molecule has 1 aliphatic rings. The van der Waals surface area contributed by atoms with Crippen LogP contribution >= 0.6 is 23.1 Å². The van der Waals surface area contributed by atoms with Crippen molar-refractivity contribution in [2.75, 3.05) is 18.8 Å². The summed E-state index contributed by atoms with van der Waals surface area (Å²) < 4.78 is 1.12. The van der Waals surface area contributed by atoms with Gasteiger partial charge in [-0.1, -0.05) is 6.07 Å². The highest BCUT2D eigenvalue weighted by Crippen LogP contribution is 2.24. The summed E-state index contributed by atoms with van der Waals surface area (Å²) >= 11 is 3.13. The van der Waals surface area contributed by atoms with Gasteiger partial charge in [-0.3, -0.25) is 9.59 Å². The van der Waals surface area contributed by atoms with Crippen LogP contribution in [0.4, 0.5) is 0 Å². The van der Waals surface area contributed by atoms with E-state index in [0.717, 1.165) is 10.6 Å². The van der Waals surface area contributed by atoms with E-state index < -0.39 is 11.9 Å². The van der Waals surface area contributed by atoms with Crippen LogP contribution in [0.3, 0.4) is 0 Å². The van der Waals surface area contributed by atoms with Crippen LogP contribution in [-0.2, 0) is 9.59 Å². The smallest absolute Gasteiger partial charge is 0.308 e. The van der Waals surface area contributed by atoms with Crippen molar-refractivity contribution in [3.05, 3.63) is 17.5 Å². The third kappa shape index (κ3) is 3.49. The van der Waals surface area contributed by atoms with Crippen molar-refractivity contribution in [2.24, 2.45) is 5.92 Å². The summed E-state index contributed by atoms with van der Waals surface area (Å²) in [5.74, 6) is -0.750. The molecule has 1 aliphatic heterocycles. The third-order valence-corrected chi connectivity index (χ3v) is 5.07. The van der Waals surface area contributed by atoms with Crippen molar-refractivity contribution in [1.82, 2.24) is 4.90 Å². The maximum atomic E-state index is 12.0. The molecule has 0 spiro atoms. The zero-order valence-electron chi connectivity index (χ0n) is 9.87. The summed E-state index contributed by atoms with van der Waals surface area (Å²) in [4.78, 5) is 24.6. The first-order chi connectivity index (χ1) is 8.66. The van der Waals surface area contributed by atoms with Gasteiger partial charge in [0.05, 0.1) is 15.9 Å². The van der Waals surface area contributed by atoms with Gasteiger partial charge in [0.15, 0.2) is 0 Å². The van der Waals surface area contributed by atoms with E-state index in [1.54, 1.807) is 16.2 Å². The van der Waals surface area contributed by atoms with E-state index in [4.69, 9.17) is 5.11 Å². The molecule has 6 heteroatoms. The molecule has 2 rings (SSSR count). The number of carbonyl (C=O) groups excluding carboxylic acids is 1. The molecule has 2 heterocycles. The Labute approximate surface area is 114 Å². The molecule has 18 heavy (non-hydrogen) atoms. The number of likely N-dealkylation sites (tertiary alicyclic amines) is 1. The largest absolute Gasteiger partial charge is 0.481 e. The minimum absolute atomic E-state index is 0.0411. The van der Waals surface area contributed by atoms with Crippen LogP contribution in [0.15, 0.2) is 21.7 Å². The molecule has 1 amide bonds. The van der Waals surface area contributed by atoms with Gasteiger partial charge in [0.1, 0.15) is 0 Å². The summed E-state index contributed by atoms with van der Waals surface area (Å²) in [6.45, 7) is 1.05. The fourth-order valence-electron chi connectivity index (χ4n) is 1.98. The molecule has 1 N–H and O–H groups in total. The minimum atomic E-state index is -0.793. The lowest BCUT2D eigenvalue weighted by atomic mass is 9.98. The lowest BCUT2D eigenvalue weighted by molar-refractivity contribution is -0.145. The van der Waals surface area contributed by atoms with Gasteiger partial charge in [-0.15, -0.1) is 23.1 Å². The maximum Gasteiger partial charge on any atom is 0.308 e. The van der Waals surface area contributed by atoms with Crippen molar-refractivity contribution in [1.29, 1.82) is 0 Å². The number of carboxylic acids is 1. The highest BCUT2D eigenvalue weighted by Gasteiger charge is 2.27. The Morgan fingerprint density at radius 3 is 3.06 bits per heavy atom. The molecular weight excluding hydrogens is 270 g/mol. The van der Waals surface area contributed by atoms with Crippen molar-refractivity contribution in [2.45, 2.75) is 17.1 Å². The van der Waals surface area contributed by atoms with Gasteiger partial charge in [0.2, 0.25) is 5.91 Å². The van der Waals surface area contributed by atoms with E-state index in [0.29, 0.717) is 25.3 Å². The molecule has 0 aromatic carbocycles. The zero-order valence-corrected chi connectivity index (χ0v) is 11.5. The third-order valence-electron chi connectivity index (χ3n) is 2.96. The highest BCUT2D eigenvalue weighted by atomic mass is 32.2. The van der Waals surface area contributed by atoms with Crippen LogP contribution in [0.25, 0.3) is 0 Å². The fourth-order valence-corrected chi connectivity index (χ4v) is 3.66. The second-order valence-electron chi connectivity index (χ2n) is 4.24. The quantitative estimate of drug-likeness (QED) is 0.861. The van der Waals surface area contributed by atoms with E-state index >= 15 is 0 Å². The van der Waals surface area contributed by atoms with Gasteiger partial charge in [0, 0.05) is 13.1 Å². The summed E-state index contributed by atoms with van der Waals surface area (Å²) in [6, 6.07) is 3.94. The van der Waals surface area contributed by atoms with Gasteiger partial charge >= 0.3 is 5.97 Å². The van der Waals surface area contributed by atoms with E-state index in [9.17, 15) is 9.59 Å². The molecule has 0 saturated carbocycles. The van der Waals surface area contributed by atoms with Gasteiger partial charge in [-0.05, 0) is 24.3 Å². The monoisotopic (exact) mass is 285 g/mol. The molecule has 1 fully saturated rings. The van der Waals surface area contributed by atoms with Crippen molar-refractivity contribution >= 4 is 35.0 Å². The van der Waals surface area contributed by atoms with Crippen LogP contribution in [-0.4, -0.2) is 40.7 Å². The number of carboxylic acid groups (broad SMARTS) is 1. The maximum absolute atomic E-state index is 12.0. The van der Waals surface area contributed by atoms with E-state index in [2.05, 4.69) is 0 Å². The summed E-state index contributed by atoms with van der Waals surface area (Å²) in [5.41, 5.74) is 0. The zero-order chi connectivity index (χ0) is 13.0. The number of nitrogens with zero attached hydrogens (tertiary/aromatic N) is 1. The number of carbonyl (C=O) groups is 2. The van der Waals surface area contributed by atoms with Crippen LogP contribution in [0.2, 0.25) is 0 Å². The Bertz CT molecular complexity index is 419. The van der Waals surface area contributed by atoms with Crippen LogP contribution in [0, 0.1) is 5.92 Å². The predicted octanol–water partition coefficient (Wildman–Crippen LogP) is 2.16. The lowest BCUT2D eigenvalue weighted by Gasteiger charge is -2.30. The topological polar surface area (TPSA) is 57.6 Å². The molecule has 0 radical (unpaired) electrons. The first kappa shape index (κ1) is 13.4. The molecule has 0 unspecified atom stereocenters. The number of hydrogen-bond donors (Lipinski definition) is 1. The van der Waals surface area contributed by atoms with Crippen molar-refractivity contribution < 1.29 is 14.7 Å². The SMILES string of the molecule is O=C(O)[C@H]1CCCN(C(=O)CSc2cccs2)C1. The highest BCUT2D eigenvalue weighted by molar-refractivity contribution is 8.01. The second kappa shape index (κ2) is 6.24. The molecule has 0 bridgehead atoms. The number of rotatable bonds is 4. The standard InChI is InChI=1S/C12H15NO3S2/c14-10(8-18-11-4-2-6-17-11)13-5-1-3-9(7-13)12(15)16/h2,4,6,9H,1,3,5,7-8H2,(H,15,16)/t9-/m0/s1. The Morgan fingerprint density at radius 1 is 1.56 bits per heavy atom. The molecule has 4 nitrogen and oxygen atoms in total. The Morgan fingerprint density at radius 2 is 2.39 bits per heavy atom. The average molecular weight is 285 g/mol.